The number of anilines is 2. The highest BCUT2D eigenvalue weighted by molar-refractivity contribution is 5.95. The van der Waals surface area contributed by atoms with Crippen LogP contribution < -0.4 is 15.1 Å². The third-order valence-electron chi connectivity index (χ3n) is 7.81. The lowest BCUT2D eigenvalue weighted by Crippen LogP contribution is -2.37. The highest BCUT2D eigenvalue weighted by Crippen LogP contribution is 2.39. The summed E-state index contributed by atoms with van der Waals surface area (Å²) < 4.78 is 14.9. The Labute approximate surface area is 208 Å². The fourth-order valence-electron chi connectivity index (χ4n) is 5.66. The first-order chi connectivity index (χ1) is 17.0. The lowest BCUT2D eigenvalue weighted by atomic mass is 9.89. The highest BCUT2D eigenvalue weighted by Gasteiger charge is 2.36. The molecule has 0 bridgehead atoms. The Morgan fingerprint density at radius 3 is 2.71 bits per heavy atom. The number of likely N-dealkylation sites (N-methyl/N-ethyl adjacent to an activating group) is 2. The average Bonchev–Trinajstić information content (AvgIpc) is 3.29. The van der Waals surface area contributed by atoms with E-state index in [9.17, 15) is 4.39 Å². The van der Waals surface area contributed by atoms with Crippen molar-refractivity contribution in [3.8, 4) is 11.3 Å². The van der Waals surface area contributed by atoms with Crippen LogP contribution in [0.1, 0.15) is 18.9 Å². The van der Waals surface area contributed by atoms with Gasteiger partial charge in [0.2, 0.25) is 0 Å². The van der Waals surface area contributed by atoms with Crippen LogP contribution in [0.5, 0.6) is 0 Å². The number of halogens is 1. The summed E-state index contributed by atoms with van der Waals surface area (Å²) in [6.45, 7) is 8.12. The van der Waals surface area contributed by atoms with Gasteiger partial charge in [-0.3, -0.25) is 0 Å². The van der Waals surface area contributed by atoms with Crippen LogP contribution in [0.15, 0.2) is 36.5 Å². The molecule has 2 aromatic heterocycles. The fourth-order valence-corrected chi connectivity index (χ4v) is 5.66. The lowest BCUT2D eigenvalue weighted by Gasteiger charge is -2.31. The van der Waals surface area contributed by atoms with E-state index in [1.165, 1.54) is 6.42 Å². The molecule has 186 valence electrons. The number of hydrogen-bond donors (Lipinski definition) is 1. The van der Waals surface area contributed by atoms with Gasteiger partial charge < -0.3 is 20.0 Å². The minimum absolute atomic E-state index is 0.136. The van der Waals surface area contributed by atoms with E-state index in [-0.39, 0.29) is 5.82 Å². The number of likely N-dealkylation sites (tertiary alicyclic amines) is 1. The molecule has 1 N–H and O–H groups in total. The van der Waals surface area contributed by atoms with Gasteiger partial charge in [0.15, 0.2) is 0 Å². The molecule has 7 heteroatoms. The highest BCUT2D eigenvalue weighted by atomic mass is 19.1. The second-order valence-electron chi connectivity index (χ2n) is 10.2. The maximum Gasteiger partial charge on any atom is 0.128 e. The Kier molecular flexibility index (Phi) is 6.89. The van der Waals surface area contributed by atoms with Gasteiger partial charge in [0.25, 0.3) is 0 Å². The predicted molar refractivity (Wildman–Crippen MR) is 143 cm³/mol. The molecule has 2 aliphatic rings. The van der Waals surface area contributed by atoms with E-state index >= 15 is 0 Å². The van der Waals surface area contributed by atoms with E-state index in [2.05, 4.69) is 52.3 Å². The molecular formula is C28H37FN6. The standard InChI is InChI=1S/C28H37FN6/c1-5-19-12-26-23(13-24(19)29)27(35-17-21-8-10-33(3)16-22(21)18-35)14-25(32-26)20-6-7-28(31-15-20)34(4)11-9-30-2/h6-7,12-15,21-22,30H,5,8-11,16-18H2,1-4H3. The zero-order valence-corrected chi connectivity index (χ0v) is 21.4. The van der Waals surface area contributed by atoms with Gasteiger partial charge >= 0.3 is 0 Å². The summed E-state index contributed by atoms with van der Waals surface area (Å²) in [6.07, 6.45) is 3.79. The molecule has 0 amide bonds. The summed E-state index contributed by atoms with van der Waals surface area (Å²) in [5, 5.41) is 4.09. The molecule has 6 nitrogen and oxygen atoms in total. The van der Waals surface area contributed by atoms with Gasteiger partial charge in [0.1, 0.15) is 11.6 Å². The van der Waals surface area contributed by atoms with Crippen molar-refractivity contribution in [2.45, 2.75) is 19.8 Å². The molecule has 2 atom stereocenters. The first kappa shape index (κ1) is 23.9. The topological polar surface area (TPSA) is 47.5 Å². The van der Waals surface area contributed by atoms with E-state index < -0.39 is 0 Å². The Morgan fingerprint density at radius 2 is 1.97 bits per heavy atom. The van der Waals surface area contributed by atoms with Gasteiger partial charge in [-0.25, -0.2) is 14.4 Å². The van der Waals surface area contributed by atoms with Crippen LogP contribution >= 0.6 is 0 Å². The van der Waals surface area contributed by atoms with Crippen molar-refractivity contribution in [2.24, 2.45) is 11.8 Å². The first-order valence-corrected chi connectivity index (χ1v) is 12.9. The molecule has 0 radical (unpaired) electrons. The lowest BCUT2D eigenvalue weighted by molar-refractivity contribution is 0.178. The number of nitrogens with zero attached hydrogens (tertiary/aromatic N) is 5. The molecule has 5 rings (SSSR count). The quantitative estimate of drug-likeness (QED) is 0.555. The molecule has 2 saturated heterocycles. The third-order valence-corrected chi connectivity index (χ3v) is 7.81. The smallest absolute Gasteiger partial charge is 0.128 e. The van der Waals surface area contributed by atoms with E-state index in [1.807, 2.05) is 26.2 Å². The average molecular weight is 477 g/mol. The molecule has 1 aromatic carbocycles. The van der Waals surface area contributed by atoms with Crippen LogP contribution in [0, 0.1) is 17.7 Å². The monoisotopic (exact) mass is 476 g/mol. The molecule has 35 heavy (non-hydrogen) atoms. The molecule has 0 spiro atoms. The van der Waals surface area contributed by atoms with Crippen LogP contribution in [0.25, 0.3) is 22.2 Å². The van der Waals surface area contributed by atoms with Crippen molar-refractivity contribution in [2.75, 3.05) is 70.2 Å². The summed E-state index contributed by atoms with van der Waals surface area (Å²) in [5.41, 5.74) is 4.55. The number of aromatic nitrogens is 2. The number of rotatable bonds is 7. The van der Waals surface area contributed by atoms with Crippen LogP contribution in [-0.4, -0.2) is 75.3 Å². The minimum atomic E-state index is -0.136. The molecule has 0 saturated carbocycles. The largest absolute Gasteiger partial charge is 0.370 e. The number of pyridine rings is 2. The molecule has 4 heterocycles. The van der Waals surface area contributed by atoms with Gasteiger partial charge in [-0.15, -0.1) is 0 Å². The van der Waals surface area contributed by atoms with Crippen molar-refractivity contribution < 1.29 is 4.39 Å². The van der Waals surface area contributed by atoms with Crippen molar-refractivity contribution in [3.05, 3.63) is 47.9 Å². The number of hydrogen-bond acceptors (Lipinski definition) is 6. The molecule has 2 aliphatic heterocycles. The summed E-state index contributed by atoms with van der Waals surface area (Å²) in [5.74, 6) is 2.16. The Bertz CT molecular complexity index is 1180. The van der Waals surface area contributed by atoms with Gasteiger partial charge in [-0.05, 0) is 81.2 Å². The SMILES string of the molecule is CCc1cc2nc(-c3ccc(N(C)CCNC)nc3)cc(N3CC4CCN(C)CC4C3)c2cc1F. The van der Waals surface area contributed by atoms with Crippen LogP contribution in [0.3, 0.4) is 0 Å². The van der Waals surface area contributed by atoms with Gasteiger partial charge in [0, 0.05) is 62.6 Å². The van der Waals surface area contributed by atoms with Crippen LogP contribution in [-0.2, 0) is 6.42 Å². The summed E-state index contributed by atoms with van der Waals surface area (Å²) in [4.78, 5) is 16.7. The number of fused-ring (bicyclic) bond motifs is 2. The molecule has 3 aromatic rings. The molecular weight excluding hydrogens is 439 g/mol. The van der Waals surface area contributed by atoms with Crippen molar-refractivity contribution in [1.29, 1.82) is 0 Å². The predicted octanol–water partition coefficient (Wildman–Crippen LogP) is 4.04. The number of piperidine rings is 1. The number of nitrogens with one attached hydrogen (secondary N) is 1. The van der Waals surface area contributed by atoms with E-state index in [4.69, 9.17) is 9.97 Å². The second-order valence-corrected chi connectivity index (χ2v) is 10.2. The summed E-state index contributed by atoms with van der Waals surface area (Å²) in [6, 6.07) is 9.93. The molecule has 2 fully saturated rings. The maximum atomic E-state index is 14.9. The van der Waals surface area contributed by atoms with Gasteiger partial charge in [-0.2, -0.15) is 0 Å². The van der Waals surface area contributed by atoms with E-state index in [0.29, 0.717) is 23.8 Å². The van der Waals surface area contributed by atoms with Crippen LogP contribution in [0.4, 0.5) is 15.9 Å². The van der Waals surface area contributed by atoms with Crippen molar-refractivity contribution in [1.82, 2.24) is 20.2 Å². The molecule has 0 aliphatic carbocycles. The third kappa shape index (κ3) is 4.84. The second kappa shape index (κ2) is 10.1. The molecule has 2 unspecified atom stereocenters. The van der Waals surface area contributed by atoms with Crippen molar-refractivity contribution in [3.63, 3.8) is 0 Å². The number of benzene rings is 1. The Balaban J connectivity index is 1.53. The minimum Gasteiger partial charge on any atom is -0.370 e. The van der Waals surface area contributed by atoms with Crippen molar-refractivity contribution >= 4 is 22.4 Å². The Morgan fingerprint density at radius 1 is 1.14 bits per heavy atom. The van der Waals surface area contributed by atoms with Gasteiger partial charge in [-0.1, -0.05) is 6.92 Å². The fraction of sp³-hybridized carbons (Fsp3) is 0.500. The summed E-state index contributed by atoms with van der Waals surface area (Å²) in [7, 11) is 6.22. The zero-order chi connectivity index (χ0) is 24.5. The Hall–Kier alpha value is -2.77. The van der Waals surface area contributed by atoms with E-state index in [1.54, 1.807) is 6.07 Å². The van der Waals surface area contributed by atoms with E-state index in [0.717, 1.165) is 72.9 Å². The van der Waals surface area contributed by atoms with Gasteiger partial charge in [0.05, 0.1) is 11.2 Å². The number of aryl methyl sites for hydroxylation is 1. The first-order valence-electron chi connectivity index (χ1n) is 12.9. The normalized spacial score (nSPS) is 20.4. The zero-order valence-electron chi connectivity index (χ0n) is 21.4. The maximum absolute atomic E-state index is 14.9. The summed E-state index contributed by atoms with van der Waals surface area (Å²) >= 11 is 0. The van der Waals surface area contributed by atoms with Crippen LogP contribution in [0.2, 0.25) is 0 Å².